The van der Waals surface area contributed by atoms with Gasteiger partial charge in [-0.25, -0.2) is 0 Å². The van der Waals surface area contributed by atoms with Gasteiger partial charge < -0.3 is 10.8 Å². The first-order chi connectivity index (χ1) is 6.25. The van der Waals surface area contributed by atoms with Crippen molar-refractivity contribution in [2.45, 2.75) is 59.4 Å². The zero-order valence-corrected chi connectivity index (χ0v) is 10.1. The third-order valence-corrected chi connectivity index (χ3v) is 2.35. The fourth-order valence-corrected chi connectivity index (χ4v) is 0.740. The van der Waals surface area contributed by atoms with Crippen LogP contribution in [0, 0.1) is 5.92 Å². The van der Waals surface area contributed by atoms with Crippen molar-refractivity contribution in [3.8, 4) is 0 Å². The molecule has 3 N–H and O–H groups in total. The molecule has 0 amide bonds. The molecular weight excluding hydrogens is 178 g/mol. The Bertz CT molecular complexity index is 150. The molecule has 0 aromatic carbocycles. The van der Waals surface area contributed by atoms with E-state index in [0.717, 1.165) is 6.42 Å². The summed E-state index contributed by atoms with van der Waals surface area (Å²) in [6.45, 7) is 10.3. The highest BCUT2D eigenvalue weighted by atomic mass is 16.4. The van der Waals surface area contributed by atoms with Crippen LogP contribution in [-0.2, 0) is 4.79 Å². The van der Waals surface area contributed by atoms with E-state index in [4.69, 9.17) is 10.8 Å². The van der Waals surface area contributed by atoms with E-state index in [0.29, 0.717) is 12.3 Å². The van der Waals surface area contributed by atoms with E-state index in [1.165, 1.54) is 6.42 Å². The number of nitrogens with two attached hydrogens (primary N) is 1. The molecular formula is C11H25NO2. The molecule has 0 saturated heterocycles. The Morgan fingerprint density at radius 1 is 1.43 bits per heavy atom. The van der Waals surface area contributed by atoms with Crippen LogP contribution in [-0.4, -0.2) is 16.6 Å². The van der Waals surface area contributed by atoms with Gasteiger partial charge in [-0.05, 0) is 26.2 Å². The van der Waals surface area contributed by atoms with E-state index in [1.54, 1.807) is 0 Å². The van der Waals surface area contributed by atoms with Gasteiger partial charge in [0.05, 0.1) is 0 Å². The number of hydrogen-bond acceptors (Lipinski definition) is 2. The quantitative estimate of drug-likeness (QED) is 0.738. The highest BCUT2D eigenvalue weighted by molar-refractivity contribution is 5.66. The van der Waals surface area contributed by atoms with E-state index in [1.807, 2.05) is 6.92 Å². The SMILES string of the molecule is CCC(C)C(C)(C)N.CCCC(=O)O. The first kappa shape index (κ1) is 15.9. The molecule has 0 heterocycles. The van der Waals surface area contributed by atoms with Gasteiger partial charge in [-0.2, -0.15) is 0 Å². The van der Waals surface area contributed by atoms with E-state index in [9.17, 15) is 4.79 Å². The molecule has 0 radical (unpaired) electrons. The summed E-state index contributed by atoms with van der Waals surface area (Å²) in [5.41, 5.74) is 5.80. The van der Waals surface area contributed by atoms with Gasteiger partial charge in [0, 0.05) is 12.0 Å². The van der Waals surface area contributed by atoms with Crippen molar-refractivity contribution in [1.82, 2.24) is 0 Å². The summed E-state index contributed by atoms with van der Waals surface area (Å²) < 4.78 is 0. The summed E-state index contributed by atoms with van der Waals surface area (Å²) in [6.07, 6.45) is 2.19. The Morgan fingerprint density at radius 3 is 1.86 bits per heavy atom. The minimum absolute atomic E-state index is 0.00868. The smallest absolute Gasteiger partial charge is 0.303 e. The van der Waals surface area contributed by atoms with Crippen LogP contribution in [0.4, 0.5) is 0 Å². The largest absolute Gasteiger partial charge is 0.481 e. The van der Waals surface area contributed by atoms with Gasteiger partial charge in [0.15, 0.2) is 0 Å². The van der Waals surface area contributed by atoms with E-state index >= 15 is 0 Å². The Hall–Kier alpha value is -0.570. The van der Waals surface area contributed by atoms with Crippen LogP contribution in [0.1, 0.15) is 53.9 Å². The van der Waals surface area contributed by atoms with Crippen LogP contribution in [0.2, 0.25) is 0 Å². The maximum absolute atomic E-state index is 9.60. The standard InChI is InChI=1S/C7H17N.C4H8O2/c1-5-6(2)7(3,4)8;1-2-3-4(5)6/h6H,5,8H2,1-4H3;2-3H2,1H3,(H,5,6). The van der Waals surface area contributed by atoms with Gasteiger partial charge in [0.1, 0.15) is 0 Å². The lowest BCUT2D eigenvalue weighted by Gasteiger charge is -2.25. The van der Waals surface area contributed by atoms with E-state index in [-0.39, 0.29) is 5.54 Å². The predicted molar refractivity (Wildman–Crippen MR) is 60.3 cm³/mol. The third-order valence-electron chi connectivity index (χ3n) is 2.35. The second kappa shape index (κ2) is 7.80. The summed E-state index contributed by atoms with van der Waals surface area (Å²) in [7, 11) is 0. The van der Waals surface area contributed by atoms with Crippen molar-refractivity contribution >= 4 is 5.97 Å². The predicted octanol–water partition coefficient (Wildman–Crippen LogP) is 2.64. The number of carbonyl (C=O) groups is 1. The van der Waals surface area contributed by atoms with Crippen LogP contribution in [0.25, 0.3) is 0 Å². The van der Waals surface area contributed by atoms with Gasteiger partial charge in [-0.1, -0.05) is 27.2 Å². The van der Waals surface area contributed by atoms with Crippen LogP contribution in [0.3, 0.4) is 0 Å². The lowest BCUT2D eigenvalue weighted by atomic mass is 9.88. The minimum atomic E-state index is -0.711. The number of aliphatic carboxylic acids is 1. The van der Waals surface area contributed by atoms with Crippen molar-refractivity contribution in [1.29, 1.82) is 0 Å². The summed E-state index contributed by atoms with van der Waals surface area (Å²) in [5, 5.41) is 7.91. The van der Waals surface area contributed by atoms with Crippen molar-refractivity contribution in [3.05, 3.63) is 0 Å². The zero-order chi connectivity index (χ0) is 11.8. The average molecular weight is 203 g/mol. The van der Waals surface area contributed by atoms with Gasteiger partial charge in [-0.15, -0.1) is 0 Å². The molecule has 0 aliphatic heterocycles. The third kappa shape index (κ3) is 11.4. The molecule has 0 fully saturated rings. The summed E-state index contributed by atoms with van der Waals surface area (Å²) in [6, 6.07) is 0. The molecule has 1 atom stereocenters. The average Bonchev–Trinajstić information content (AvgIpc) is 2.02. The van der Waals surface area contributed by atoms with Crippen molar-refractivity contribution in [2.75, 3.05) is 0 Å². The molecule has 14 heavy (non-hydrogen) atoms. The first-order valence-electron chi connectivity index (χ1n) is 5.26. The highest BCUT2D eigenvalue weighted by Gasteiger charge is 2.17. The summed E-state index contributed by atoms with van der Waals surface area (Å²) in [4.78, 5) is 9.60. The normalized spacial score (nSPS) is 12.7. The molecule has 0 saturated carbocycles. The Kier molecular flexibility index (Phi) is 8.85. The van der Waals surface area contributed by atoms with Crippen molar-refractivity contribution < 1.29 is 9.90 Å². The Morgan fingerprint density at radius 2 is 1.86 bits per heavy atom. The highest BCUT2D eigenvalue weighted by Crippen LogP contribution is 2.15. The molecule has 0 aromatic heterocycles. The number of carboxylic acids is 1. The van der Waals surface area contributed by atoms with E-state index < -0.39 is 5.97 Å². The molecule has 1 unspecified atom stereocenters. The molecule has 3 heteroatoms. The molecule has 0 spiro atoms. The molecule has 0 rings (SSSR count). The van der Waals surface area contributed by atoms with E-state index in [2.05, 4.69) is 27.7 Å². The second-order valence-electron chi connectivity index (χ2n) is 4.27. The maximum atomic E-state index is 9.60. The number of hydrogen-bond donors (Lipinski definition) is 2. The zero-order valence-electron chi connectivity index (χ0n) is 10.1. The molecule has 3 nitrogen and oxygen atoms in total. The first-order valence-corrected chi connectivity index (χ1v) is 5.26. The summed E-state index contributed by atoms with van der Waals surface area (Å²) in [5.74, 6) is -0.0833. The summed E-state index contributed by atoms with van der Waals surface area (Å²) >= 11 is 0. The van der Waals surface area contributed by atoms with Gasteiger partial charge in [0.25, 0.3) is 0 Å². The molecule has 0 bridgehead atoms. The van der Waals surface area contributed by atoms with Crippen molar-refractivity contribution in [3.63, 3.8) is 0 Å². The topological polar surface area (TPSA) is 63.3 Å². The van der Waals surface area contributed by atoms with Crippen LogP contribution < -0.4 is 5.73 Å². The van der Waals surface area contributed by atoms with Crippen LogP contribution in [0.5, 0.6) is 0 Å². The molecule has 86 valence electrons. The van der Waals surface area contributed by atoms with Crippen LogP contribution in [0.15, 0.2) is 0 Å². The van der Waals surface area contributed by atoms with Crippen molar-refractivity contribution in [2.24, 2.45) is 11.7 Å². The van der Waals surface area contributed by atoms with Crippen LogP contribution >= 0.6 is 0 Å². The van der Waals surface area contributed by atoms with Gasteiger partial charge in [0.2, 0.25) is 0 Å². The monoisotopic (exact) mass is 203 g/mol. The fourth-order valence-electron chi connectivity index (χ4n) is 0.740. The lowest BCUT2D eigenvalue weighted by molar-refractivity contribution is -0.137. The van der Waals surface area contributed by atoms with Gasteiger partial charge in [-0.3, -0.25) is 4.79 Å². The fraction of sp³-hybridized carbons (Fsp3) is 0.909. The van der Waals surface area contributed by atoms with Gasteiger partial charge >= 0.3 is 5.97 Å². The number of rotatable bonds is 4. The maximum Gasteiger partial charge on any atom is 0.303 e. The Balaban J connectivity index is 0. The Labute approximate surface area is 87.7 Å². The number of carboxylic acid groups (broad SMARTS) is 1. The minimum Gasteiger partial charge on any atom is -0.481 e. The lowest BCUT2D eigenvalue weighted by Crippen LogP contribution is -2.38. The molecule has 0 aliphatic rings. The second-order valence-corrected chi connectivity index (χ2v) is 4.27. The molecule has 0 aromatic rings. The molecule has 0 aliphatic carbocycles.